The van der Waals surface area contributed by atoms with E-state index in [0.29, 0.717) is 17.4 Å². The number of aromatic nitrogens is 4. The van der Waals surface area contributed by atoms with E-state index in [0.717, 1.165) is 31.7 Å². The fourth-order valence-corrected chi connectivity index (χ4v) is 3.24. The third-order valence-corrected chi connectivity index (χ3v) is 4.75. The van der Waals surface area contributed by atoms with Crippen LogP contribution in [0.3, 0.4) is 0 Å². The molecule has 0 amide bonds. The second kappa shape index (κ2) is 9.31. The summed E-state index contributed by atoms with van der Waals surface area (Å²) in [5, 5.41) is 4.74. The topological polar surface area (TPSA) is 72.8 Å². The van der Waals surface area contributed by atoms with E-state index in [-0.39, 0.29) is 12.4 Å². The smallest absolute Gasteiger partial charge is 0.141 e. The van der Waals surface area contributed by atoms with Gasteiger partial charge in [-0.1, -0.05) is 11.6 Å². The SMILES string of the molecule is Cl.Clc1cc(Nc2ncnc3ccc(I)cc23)ccc1OCc1cnccn1. The number of ether oxygens (including phenoxy) is 1. The van der Waals surface area contributed by atoms with Crippen molar-refractivity contribution in [2.45, 2.75) is 6.61 Å². The Labute approximate surface area is 186 Å². The fraction of sp³-hybridized carbons (Fsp3) is 0.0526. The first kappa shape index (κ1) is 20.5. The number of rotatable bonds is 5. The van der Waals surface area contributed by atoms with Crippen LogP contribution >= 0.6 is 46.6 Å². The number of anilines is 2. The lowest BCUT2D eigenvalue weighted by molar-refractivity contribution is 0.301. The van der Waals surface area contributed by atoms with Gasteiger partial charge in [-0.25, -0.2) is 9.97 Å². The highest BCUT2D eigenvalue weighted by molar-refractivity contribution is 14.1. The van der Waals surface area contributed by atoms with Crippen molar-refractivity contribution >= 4 is 69.0 Å². The van der Waals surface area contributed by atoms with Gasteiger partial charge >= 0.3 is 0 Å². The van der Waals surface area contributed by atoms with Crippen LogP contribution in [0.25, 0.3) is 10.9 Å². The van der Waals surface area contributed by atoms with E-state index in [1.54, 1.807) is 24.7 Å². The Bertz CT molecular complexity index is 1100. The Morgan fingerprint density at radius 3 is 2.71 bits per heavy atom. The van der Waals surface area contributed by atoms with Gasteiger partial charge in [0.25, 0.3) is 0 Å². The van der Waals surface area contributed by atoms with E-state index >= 15 is 0 Å². The molecule has 2 aromatic carbocycles. The maximum atomic E-state index is 6.37. The van der Waals surface area contributed by atoms with E-state index in [9.17, 15) is 0 Å². The lowest BCUT2D eigenvalue weighted by Gasteiger charge is -2.11. The number of benzene rings is 2. The number of hydrogen-bond donors (Lipinski definition) is 1. The van der Waals surface area contributed by atoms with Crippen molar-refractivity contribution in [2.75, 3.05) is 5.32 Å². The van der Waals surface area contributed by atoms with Gasteiger partial charge in [0.1, 0.15) is 24.5 Å². The molecule has 9 heteroatoms. The molecule has 4 rings (SSSR count). The van der Waals surface area contributed by atoms with Gasteiger partial charge < -0.3 is 10.1 Å². The van der Waals surface area contributed by atoms with Crippen molar-refractivity contribution < 1.29 is 4.74 Å². The van der Waals surface area contributed by atoms with Crippen LogP contribution in [0.5, 0.6) is 5.75 Å². The van der Waals surface area contributed by atoms with Crippen molar-refractivity contribution in [2.24, 2.45) is 0 Å². The highest BCUT2D eigenvalue weighted by atomic mass is 127. The Hall–Kier alpha value is -2.23. The van der Waals surface area contributed by atoms with Crippen LogP contribution in [0, 0.1) is 3.57 Å². The van der Waals surface area contributed by atoms with Crippen LogP contribution in [0.1, 0.15) is 5.69 Å². The van der Waals surface area contributed by atoms with E-state index < -0.39 is 0 Å². The molecule has 2 heterocycles. The quantitative estimate of drug-likeness (QED) is 0.351. The summed E-state index contributed by atoms with van der Waals surface area (Å²) < 4.78 is 6.84. The van der Waals surface area contributed by atoms with E-state index in [2.05, 4.69) is 47.8 Å². The van der Waals surface area contributed by atoms with Gasteiger partial charge in [-0.15, -0.1) is 12.4 Å². The zero-order valence-corrected chi connectivity index (χ0v) is 18.1. The zero-order valence-electron chi connectivity index (χ0n) is 14.3. The molecule has 0 unspecified atom stereocenters. The van der Waals surface area contributed by atoms with Crippen molar-refractivity contribution in [1.29, 1.82) is 0 Å². The molecule has 0 aliphatic carbocycles. The Morgan fingerprint density at radius 1 is 1.04 bits per heavy atom. The van der Waals surface area contributed by atoms with Crippen LogP contribution in [0.2, 0.25) is 5.02 Å². The largest absolute Gasteiger partial charge is 0.486 e. The molecule has 2 aromatic heterocycles. The first-order valence-electron chi connectivity index (χ1n) is 8.03. The van der Waals surface area contributed by atoms with Gasteiger partial charge in [-0.3, -0.25) is 9.97 Å². The number of halogens is 3. The van der Waals surface area contributed by atoms with Gasteiger partial charge in [0.2, 0.25) is 0 Å². The summed E-state index contributed by atoms with van der Waals surface area (Å²) in [6.07, 6.45) is 6.44. The molecule has 0 spiro atoms. The maximum Gasteiger partial charge on any atom is 0.141 e. The van der Waals surface area contributed by atoms with Crippen LogP contribution < -0.4 is 10.1 Å². The second-order valence-corrected chi connectivity index (χ2v) is 7.29. The van der Waals surface area contributed by atoms with Gasteiger partial charge in [0.15, 0.2) is 0 Å². The van der Waals surface area contributed by atoms with Gasteiger partial charge in [0, 0.05) is 27.0 Å². The fourth-order valence-electron chi connectivity index (χ4n) is 2.52. The Balaban J connectivity index is 0.00000225. The van der Waals surface area contributed by atoms with E-state index in [1.165, 1.54) is 6.33 Å². The highest BCUT2D eigenvalue weighted by Crippen LogP contribution is 2.31. The molecule has 1 N–H and O–H groups in total. The molecule has 0 aliphatic heterocycles. The molecular weight excluding hydrogens is 512 g/mol. The average molecular weight is 526 g/mol. The van der Waals surface area contributed by atoms with Gasteiger partial charge in [0.05, 0.1) is 22.4 Å². The lowest BCUT2D eigenvalue weighted by atomic mass is 10.2. The predicted octanol–water partition coefficient (Wildman–Crippen LogP) is 5.42. The molecule has 0 fully saturated rings. The summed E-state index contributed by atoms with van der Waals surface area (Å²) in [6.45, 7) is 0.301. The molecule has 0 bridgehead atoms. The number of hydrogen-bond acceptors (Lipinski definition) is 6. The summed E-state index contributed by atoms with van der Waals surface area (Å²) in [6, 6.07) is 11.5. The average Bonchev–Trinajstić information content (AvgIpc) is 2.69. The standard InChI is InChI=1S/C19H13ClIN5O.ClH/c20-16-8-13(2-4-18(16)27-10-14-9-22-5-6-23-14)26-19-15-7-12(21)1-3-17(15)24-11-25-19;/h1-9,11H,10H2,(H,24,25,26);1H. The second-order valence-electron chi connectivity index (χ2n) is 5.64. The molecular formula is C19H14Cl2IN5O. The minimum absolute atomic E-state index is 0. The molecule has 28 heavy (non-hydrogen) atoms. The number of nitrogens with one attached hydrogen (secondary N) is 1. The normalized spacial score (nSPS) is 10.4. The summed E-state index contributed by atoms with van der Waals surface area (Å²) in [5.41, 5.74) is 2.42. The first-order chi connectivity index (χ1) is 13.2. The summed E-state index contributed by atoms with van der Waals surface area (Å²) in [4.78, 5) is 16.8. The van der Waals surface area contributed by atoms with Crippen LogP contribution in [-0.2, 0) is 6.61 Å². The molecule has 0 radical (unpaired) electrons. The van der Waals surface area contributed by atoms with E-state index in [4.69, 9.17) is 16.3 Å². The van der Waals surface area contributed by atoms with Crippen LogP contribution in [0.4, 0.5) is 11.5 Å². The Kier molecular flexibility index (Phi) is 6.82. The van der Waals surface area contributed by atoms with Crippen LogP contribution in [-0.4, -0.2) is 19.9 Å². The molecule has 0 saturated carbocycles. The minimum atomic E-state index is 0. The number of nitrogens with zero attached hydrogens (tertiary/aromatic N) is 4. The van der Waals surface area contributed by atoms with Gasteiger partial charge in [-0.2, -0.15) is 0 Å². The summed E-state index contributed by atoms with van der Waals surface area (Å²) in [7, 11) is 0. The zero-order chi connectivity index (χ0) is 18.6. The van der Waals surface area contributed by atoms with Crippen LogP contribution in [0.15, 0.2) is 61.3 Å². The van der Waals surface area contributed by atoms with Crippen molar-refractivity contribution in [3.63, 3.8) is 0 Å². The lowest BCUT2D eigenvalue weighted by Crippen LogP contribution is -2.00. The Morgan fingerprint density at radius 2 is 1.93 bits per heavy atom. The van der Waals surface area contributed by atoms with Crippen molar-refractivity contribution in [1.82, 2.24) is 19.9 Å². The summed E-state index contributed by atoms with van der Waals surface area (Å²) >= 11 is 8.64. The third-order valence-electron chi connectivity index (χ3n) is 3.78. The predicted molar refractivity (Wildman–Crippen MR) is 121 cm³/mol. The molecule has 6 nitrogen and oxygen atoms in total. The molecule has 0 aliphatic rings. The summed E-state index contributed by atoms with van der Waals surface area (Å²) in [5.74, 6) is 1.30. The molecule has 4 aromatic rings. The van der Waals surface area contributed by atoms with Gasteiger partial charge in [-0.05, 0) is 59.0 Å². The van der Waals surface area contributed by atoms with Crippen molar-refractivity contribution in [3.05, 3.63) is 75.6 Å². The van der Waals surface area contributed by atoms with Crippen molar-refractivity contribution in [3.8, 4) is 5.75 Å². The maximum absolute atomic E-state index is 6.37. The molecule has 142 valence electrons. The third kappa shape index (κ3) is 4.78. The van der Waals surface area contributed by atoms with E-state index in [1.807, 2.05) is 30.3 Å². The minimum Gasteiger partial charge on any atom is -0.486 e. The highest BCUT2D eigenvalue weighted by Gasteiger charge is 2.08. The molecule has 0 saturated heterocycles. The monoisotopic (exact) mass is 525 g/mol. The first-order valence-corrected chi connectivity index (χ1v) is 9.49. The molecule has 0 atom stereocenters. The number of fused-ring (bicyclic) bond motifs is 1.